The predicted octanol–water partition coefficient (Wildman–Crippen LogP) is 2.19. The second kappa shape index (κ2) is 7.87. The lowest BCUT2D eigenvalue weighted by atomic mass is 10.0. The van der Waals surface area contributed by atoms with E-state index in [0.29, 0.717) is 18.3 Å². The van der Waals surface area contributed by atoms with Gasteiger partial charge in [-0.1, -0.05) is 0 Å². The van der Waals surface area contributed by atoms with Gasteiger partial charge in [-0.25, -0.2) is 4.99 Å². The SMILES string of the molecule is CCNC(=NCC(C)(O)c1ccc(C)o1)NCCc1ccco1. The van der Waals surface area contributed by atoms with Gasteiger partial charge in [-0.2, -0.15) is 0 Å². The van der Waals surface area contributed by atoms with Crippen molar-refractivity contribution >= 4 is 5.96 Å². The van der Waals surface area contributed by atoms with Crippen molar-refractivity contribution in [1.82, 2.24) is 10.6 Å². The van der Waals surface area contributed by atoms with E-state index >= 15 is 0 Å². The first-order valence-corrected chi connectivity index (χ1v) is 7.85. The molecular weight excluding hydrogens is 294 g/mol. The lowest BCUT2D eigenvalue weighted by Gasteiger charge is -2.19. The summed E-state index contributed by atoms with van der Waals surface area (Å²) in [7, 11) is 0. The smallest absolute Gasteiger partial charge is 0.191 e. The van der Waals surface area contributed by atoms with E-state index < -0.39 is 5.60 Å². The number of guanidine groups is 1. The topological polar surface area (TPSA) is 82.9 Å². The quantitative estimate of drug-likeness (QED) is 0.538. The molecule has 1 unspecified atom stereocenters. The summed E-state index contributed by atoms with van der Waals surface area (Å²) < 4.78 is 10.8. The van der Waals surface area contributed by atoms with E-state index in [2.05, 4.69) is 15.6 Å². The summed E-state index contributed by atoms with van der Waals surface area (Å²) in [6.45, 7) is 7.19. The summed E-state index contributed by atoms with van der Waals surface area (Å²) in [6, 6.07) is 7.43. The van der Waals surface area contributed by atoms with Crippen LogP contribution in [0.1, 0.15) is 31.1 Å². The number of aliphatic hydroxyl groups is 1. The molecule has 0 saturated heterocycles. The van der Waals surface area contributed by atoms with Crippen molar-refractivity contribution in [3.05, 3.63) is 47.8 Å². The zero-order valence-electron chi connectivity index (χ0n) is 13.9. The van der Waals surface area contributed by atoms with Crippen molar-refractivity contribution in [2.24, 2.45) is 4.99 Å². The fraction of sp³-hybridized carbons (Fsp3) is 0.471. The Balaban J connectivity index is 1.91. The van der Waals surface area contributed by atoms with Gasteiger partial charge in [-0.3, -0.25) is 0 Å². The van der Waals surface area contributed by atoms with Gasteiger partial charge in [0.05, 0.1) is 12.8 Å². The molecule has 0 aliphatic heterocycles. The van der Waals surface area contributed by atoms with Crippen LogP contribution in [0.15, 0.2) is 44.4 Å². The first kappa shape index (κ1) is 17.1. The van der Waals surface area contributed by atoms with Crippen LogP contribution in [0, 0.1) is 6.92 Å². The molecule has 0 amide bonds. The molecule has 0 fully saturated rings. The monoisotopic (exact) mass is 319 g/mol. The van der Waals surface area contributed by atoms with Gasteiger partial charge in [0.2, 0.25) is 0 Å². The minimum atomic E-state index is -1.14. The van der Waals surface area contributed by atoms with Crippen molar-refractivity contribution in [2.75, 3.05) is 19.6 Å². The summed E-state index contributed by atoms with van der Waals surface area (Å²) in [6.07, 6.45) is 2.43. The van der Waals surface area contributed by atoms with Crippen LogP contribution in [0.25, 0.3) is 0 Å². The number of hydrogen-bond donors (Lipinski definition) is 3. The molecule has 3 N–H and O–H groups in total. The molecule has 0 saturated carbocycles. The highest BCUT2D eigenvalue weighted by Crippen LogP contribution is 2.22. The number of aliphatic imine (C=N–C) groups is 1. The fourth-order valence-corrected chi connectivity index (χ4v) is 2.14. The normalized spacial score (nSPS) is 14.5. The number of nitrogens with one attached hydrogen (secondary N) is 2. The Morgan fingerprint density at radius 3 is 2.74 bits per heavy atom. The molecule has 2 heterocycles. The van der Waals surface area contributed by atoms with Crippen molar-refractivity contribution in [2.45, 2.75) is 32.8 Å². The fourth-order valence-electron chi connectivity index (χ4n) is 2.14. The Bertz CT molecular complexity index is 615. The van der Waals surface area contributed by atoms with E-state index in [0.717, 1.165) is 24.5 Å². The molecule has 2 rings (SSSR count). The summed E-state index contributed by atoms with van der Waals surface area (Å²) in [5.74, 6) is 2.87. The minimum absolute atomic E-state index is 0.204. The Morgan fingerprint density at radius 2 is 2.13 bits per heavy atom. The van der Waals surface area contributed by atoms with Crippen molar-refractivity contribution in [3.8, 4) is 0 Å². The third-order valence-corrected chi connectivity index (χ3v) is 3.40. The zero-order chi connectivity index (χ0) is 16.7. The van der Waals surface area contributed by atoms with Crippen LogP contribution in [0.4, 0.5) is 0 Å². The van der Waals surface area contributed by atoms with Crippen molar-refractivity contribution in [1.29, 1.82) is 0 Å². The van der Waals surface area contributed by atoms with Gasteiger partial charge in [0, 0.05) is 19.5 Å². The van der Waals surface area contributed by atoms with E-state index in [1.807, 2.05) is 32.0 Å². The van der Waals surface area contributed by atoms with Gasteiger partial charge >= 0.3 is 0 Å². The van der Waals surface area contributed by atoms with E-state index in [4.69, 9.17) is 8.83 Å². The Kier molecular flexibility index (Phi) is 5.87. The summed E-state index contributed by atoms with van der Waals surface area (Å²) in [5, 5.41) is 16.9. The van der Waals surface area contributed by atoms with Gasteiger partial charge in [-0.15, -0.1) is 0 Å². The molecule has 23 heavy (non-hydrogen) atoms. The zero-order valence-corrected chi connectivity index (χ0v) is 13.9. The van der Waals surface area contributed by atoms with Crippen LogP contribution in [0.5, 0.6) is 0 Å². The van der Waals surface area contributed by atoms with Crippen LogP contribution < -0.4 is 10.6 Å². The van der Waals surface area contributed by atoms with Crippen LogP contribution in [-0.4, -0.2) is 30.7 Å². The first-order chi connectivity index (χ1) is 11.0. The van der Waals surface area contributed by atoms with Gasteiger partial charge < -0.3 is 24.6 Å². The van der Waals surface area contributed by atoms with Gasteiger partial charge in [-0.05, 0) is 45.0 Å². The molecular formula is C17H25N3O3. The Labute approximate surface area is 136 Å². The average molecular weight is 319 g/mol. The molecule has 0 aliphatic carbocycles. The average Bonchev–Trinajstić information content (AvgIpc) is 3.16. The van der Waals surface area contributed by atoms with E-state index in [-0.39, 0.29) is 6.54 Å². The molecule has 0 aromatic carbocycles. The summed E-state index contributed by atoms with van der Waals surface area (Å²) in [4.78, 5) is 4.44. The molecule has 126 valence electrons. The molecule has 6 nitrogen and oxygen atoms in total. The largest absolute Gasteiger partial charge is 0.469 e. The van der Waals surface area contributed by atoms with Gasteiger partial charge in [0.1, 0.15) is 22.9 Å². The minimum Gasteiger partial charge on any atom is -0.469 e. The van der Waals surface area contributed by atoms with Crippen molar-refractivity contribution in [3.63, 3.8) is 0 Å². The number of nitrogens with zero attached hydrogens (tertiary/aromatic N) is 1. The standard InChI is InChI=1S/C17H25N3O3/c1-4-18-16(19-10-9-14-6-5-11-22-14)20-12-17(3,21)15-8-7-13(2)23-15/h5-8,11,21H,4,9-10,12H2,1-3H3,(H2,18,19,20). The Hall–Kier alpha value is -2.21. The maximum atomic E-state index is 10.5. The van der Waals surface area contributed by atoms with Gasteiger partial charge in [0.15, 0.2) is 5.96 Å². The highest BCUT2D eigenvalue weighted by Gasteiger charge is 2.26. The molecule has 1 atom stereocenters. The molecule has 0 radical (unpaired) electrons. The van der Waals surface area contributed by atoms with Crippen LogP contribution in [0.3, 0.4) is 0 Å². The van der Waals surface area contributed by atoms with E-state index in [9.17, 15) is 5.11 Å². The first-order valence-electron chi connectivity index (χ1n) is 7.85. The summed E-state index contributed by atoms with van der Waals surface area (Å²) in [5.41, 5.74) is -1.14. The third-order valence-electron chi connectivity index (χ3n) is 3.40. The number of hydrogen-bond acceptors (Lipinski definition) is 4. The summed E-state index contributed by atoms with van der Waals surface area (Å²) >= 11 is 0. The van der Waals surface area contributed by atoms with E-state index in [1.165, 1.54) is 0 Å². The maximum Gasteiger partial charge on any atom is 0.191 e. The number of furan rings is 2. The molecule has 0 spiro atoms. The van der Waals surface area contributed by atoms with Crippen LogP contribution in [-0.2, 0) is 12.0 Å². The Morgan fingerprint density at radius 1 is 1.30 bits per heavy atom. The highest BCUT2D eigenvalue weighted by molar-refractivity contribution is 5.79. The molecule has 2 aromatic heterocycles. The van der Waals surface area contributed by atoms with Crippen molar-refractivity contribution < 1.29 is 13.9 Å². The molecule has 0 bridgehead atoms. The second-order valence-electron chi connectivity index (χ2n) is 5.64. The molecule has 0 aliphatic rings. The third kappa shape index (κ3) is 5.17. The predicted molar refractivity (Wildman–Crippen MR) is 89.4 cm³/mol. The van der Waals surface area contributed by atoms with E-state index in [1.54, 1.807) is 19.3 Å². The molecule has 6 heteroatoms. The lowest BCUT2D eigenvalue weighted by Crippen LogP contribution is -2.39. The highest BCUT2D eigenvalue weighted by atomic mass is 16.4. The second-order valence-corrected chi connectivity index (χ2v) is 5.64. The molecule has 2 aromatic rings. The maximum absolute atomic E-state index is 10.5. The number of aryl methyl sites for hydroxylation is 1. The van der Waals surface area contributed by atoms with Gasteiger partial charge in [0.25, 0.3) is 0 Å². The van der Waals surface area contributed by atoms with Crippen LogP contribution >= 0.6 is 0 Å². The number of rotatable bonds is 7. The van der Waals surface area contributed by atoms with Crippen LogP contribution in [0.2, 0.25) is 0 Å². The lowest BCUT2D eigenvalue weighted by molar-refractivity contribution is 0.0428.